The summed E-state index contributed by atoms with van der Waals surface area (Å²) in [6.07, 6.45) is 1.47. The summed E-state index contributed by atoms with van der Waals surface area (Å²) < 4.78 is 6.64. The quantitative estimate of drug-likeness (QED) is 0.423. The maximum Gasteiger partial charge on any atom is 0.330 e. The number of hydrogen-bond donors (Lipinski definition) is 3. The van der Waals surface area contributed by atoms with Gasteiger partial charge in [-0.25, -0.2) is 4.79 Å². The van der Waals surface area contributed by atoms with E-state index in [0.717, 1.165) is 17.5 Å². The lowest BCUT2D eigenvalue weighted by Crippen LogP contribution is -2.43. The molecule has 3 rings (SSSR count). The van der Waals surface area contributed by atoms with E-state index in [4.69, 9.17) is 10.5 Å². The Morgan fingerprint density at radius 1 is 1.18 bits per heavy atom. The summed E-state index contributed by atoms with van der Waals surface area (Å²) >= 11 is 0. The Kier molecular flexibility index (Phi) is 8.13. The lowest BCUT2D eigenvalue weighted by atomic mass is 10.2. The summed E-state index contributed by atoms with van der Waals surface area (Å²) in [6.45, 7) is 4.31. The first-order valence-electron chi connectivity index (χ1n) is 11.2. The summed E-state index contributed by atoms with van der Waals surface area (Å²) in [5.41, 5.74) is 7.51. The Balaban J connectivity index is 1.94. The number of aromatic nitrogens is 2. The first-order valence-corrected chi connectivity index (χ1v) is 11.2. The molecule has 0 unspecified atom stereocenters. The van der Waals surface area contributed by atoms with Crippen LogP contribution in [0.2, 0.25) is 0 Å². The van der Waals surface area contributed by atoms with Crippen LogP contribution in [0.25, 0.3) is 0 Å². The molecule has 1 amide bonds. The molecule has 0 aliphatic heterocycles. The van der Waals surface area contributed by atoms with Gasteiger partial charge in [-0.15, -0.1) is 0 Å². The van der Waals surface area contributed by atoms with Gasteiger partial charge in [-0.05, 0) is 36.6 Å². The molecular formula is C25H31N5O4. The van der Waals surface area contributed by atoms with Gasteiger partial charge < -0.3 is 20.7 Å². The number of ether oxygens (including phenoxy) is 1. The largest absolute Gasteiger partial charge is 0.495 e. The molecule has 180 valence electrons. The topological polar surface area (TPSA) is 122 Å². The minimum Gasteiger partial charge on any atom is -0.495 e. The third kappa shape index (κ3) is 5.67. The van der Waals surface area contributed by atoms with E-state index in [9.17, 15) is 14.4 Å². The zero-order valence-corrected chi connectivity index (χ0v) is 19.8. The van der Waals surface area contributed by atoms with E-state index in [1.165, 1.54) is 9.47 Å². The standard InChI is InChI=1S/C25H31N5O4/c1-4-5-13-29(21(31)15-27-19-14-17(2)11-12-20(19)34-3)22-23(26)30(25(33)28-24(22)32)16-18-9-7-6-8-10-18/h6-12,14,27H,4-5,13,15-16,26H2,1-3H3,(H,28,32,33). The molecule has 0 spiro atoms. The number of nitrogens with one attached hydrogen (secondary N) is 2. The zero-order chi connectivity index (χ0) is 24.7. The van der Waals surface area contributed by atoms with Crippen LogP contribution in [0.15, 0.2) is 58.1 Å². The fourth-order valence-corrected chi connectivity index (χ4v) is 3.66. The van der Waals surface area contributed by atoms with Crippen molar-refractivity contribution < 1.29 is 9.53 Å². The molecule has 2 aromatic carbocycles. The highest BCUT2D eigenvalue weighted by Gasteiger charge is 2.24. The molecule has 4 N–H and O–H groups in total. The van der Waals surface area contributed by atoms with E-state index in [-0.39, 0.29) is 30.5 Å². The van der Waals surface area contributed by atoms with Gasteiger partial charge in [-0.1, -0.05) is 49.7 Å². The van der Waals surface area contributed by atoms with E-state index in [1.54, 1.807) is 7.11 Å². The number of aromatic amines is 1. The van der Waals surface area contributed by atoms with Crippen LogP contribution in [0.4, 0.5) is 17.2 Å². The zero-order valence-electron chi connectivity index (χ0n) is 19.8. The maximum atomic E-state index is 13.3. The van der Waals surface area contributed by atoms with Crippen LogP contribution in [-0.4, -0.2) is 35.7 Å². The summed E-state index contributed by atoms with van der Waals surface area (Å²) in [5.74, 6) is 0.210. The van der Waals surface area contributed by atoms with Crippen LogP contribution in [0, 0.1) is 6.92 Å². The molecule has 0 aliphatic rings. The van der Waals surface area contributed by atoms with Crippen molar-refractivity contribution in [2.75, 3.05) is 36.1 Å². The van der Waals surface area contributed by atoms with Crippen LogP contribution in [0.3, 0.4) is 0 Å². The highest BCUT2D eigenvalue weighted by atomic mass is 16.5. The Morgan fingerprint density at radius 2 is 1.91 bits per heavy atom. The molecule has 34 heavy (non-hydrogen) atoms. The highest BCUT2D eigenvalue weighted by Crippen LogP contribution is 2.25. The van der Waals surface area contributed by atoms with E-state index in [1.807, 2.05) is 62.4 Å². The van der Waals surface area contributed by atoms with Crippen molar-refractivity contribution in [1.82, 2.24) is 9.55 Å². The first-order chi connectivity index (χ1) is 16.3. The summed E-state index contributed by atoms with van der Waals surface area (Å²) in [4.78, 5) is 42.3. The van der Waals surface area contributed by atoms with Gasteiger partial charge in [0.2, 0.25) is 5.91 Å². The molecule has 0 aliphatic carbocycles. The number of rotatable bonds is 10. The molecule has 9 heteroatoms. The van der Waals surface area contributed by atoms with Crippen LogP contribution in [0.5, 0.6) is 5.75 Å². The number of anilines is 3. The van der Waals surface area contributed by atoms with Crippen molar-refractivity contribution in [3.8, 4) is 5.75 Å². The van der Waals surface area contributed by atoms with Gasteiger partial charge in [0.15, 0.2) is 5.69 Å². The Morgan fingerprint density at radius 3 is 2.59 bits per heavy atom. The van der Waals surface area contributed by atoms with Gasteiger partial charge >= 0.3 is 5.69 Å². The SMILES string of the molecule is CCCCN(C(=O)CNc1cc(C)ccc1OC)c1c(N)n(Cc2ccccc2)c(=O)[nH]c1=O. The van der Waals surface area contributed by atoms with Crippen LogP contribution in [-0.2, 0) is 11.3 Å². The molecule has 3 aromatic rings. The number of benzene rings is 2. The number of unbranched alkanes of at least 4 members (excludes halogenated alkanes) is 1. The second-order valence-corrected chi connectivity index (χ2v) is 8.02. The molecule has 1 heterocycles. The van der Waals surface area contributed by atoms with Crippen molar-refractivity contribution >= 4 is 23.1 Å². The van der Waals surface area contributed by atoms with Crippen molar-refractivity contribution in [3.63, 3.8) is 0 Å². The minimum absolute atomic E-state index is 0.0213. The van der Waals surface area contributed by atoms with Crippen LogP contribution < -0.4 is 31.9 Å². The molecular weight excluding hydrogens is 434 g/mol. The smallest absolute Gasteiger partial charge is 0.330 e. The monoisotopic (exact) mass is 465 g/mol. The van der Waals surface area contributed by atoms with Crippen molar-refractivity contribution in [2.45, 2.75) is 33.2 Å². The fraction of sp³-hybridized carbons (Fsp3) is 0.320. The lowest BCUT2D eigenvalue weighted by molar-refractivity contribution is -0.117. The van der Waals surface area contributed by atoms with Gasteiger partial charge in [-0.3, -0.25) is 19.1 Å². The number of aryl methyl sites for hydroxylation is 1. The fourth-order valence-electron chi connectivity index (χ4n) is 3.66. The summed E-state index contributed by atoms with van der Waals surface area (Å²) in [6, 6.07) is 14.9. The number of hydrogen-bond acceptors (Lipinski definition) is 6. The van der Waals surface area contributed by atoms with Crippen LogP contribution in [0.1, 0.15) is 30.9 Å². The average molecular weight is 466 g/mol. The number of carbonyl (C=O) groups excluding carboxylic acids is 1. The third-order valence-corrected chi connectivity index (χ3v) is 5.49. The number of nitrogen functional groups attached to an aromatic ring is 1. The highest BCUT2D eigenvalue weighted by molar-refractivity contribution is 5.98. The molecule has 0 fully saturated rings. The molecule has 0 atom stereocenters. The van der Waals surface area contributed by atoms with Gasteiger partial charge in [-0.2, -0.15) is 0 Å². The predicted molar refractivity (Wildman–Crippen MR) is 135 cm³/mol. The van der Waals surface area contributed by atoms with Crippen LogP contribution >= 0.6 is 0 Å². The molecule has 0 radical (unpaired) electrons. The number of H-pyrrole nitrogens is 1. The molecule has 0 bridgehead atoms. The number of nitrogens with two attached hydrogens (primary N) is 1. The van der Waals surface area contributed by atoms with Gasteiger partial charge in [0.05, 0.1) is 25.9 Å². The Hall–Kier alpha value is -4.01. The summed E-state index contributed by atoms with van der Waals surface area (Å²) in [7, 11) is 1.56. The minimum atomic E-state index is -0.690. The first kappa shape index (κ1) is 24.6. The Bertz CT molecular complexity index is 1250. The second-order valence-electron chi connectivity index (χ2n) is 8.02. The van der Waals surface area contributed by atoms with Crippen molar-refractivity contribution in [3.05, 3.63) is 80.5 Å². The van der Waals surface area contributed by atoms with E-state index >= 15 is 0 Å². The average Bonchev–Trinajstić information content (AvgIpc) is 2.83. The lowest BCUT2D eigenvalue weighted by Gasteiger charge is -2.25. The summed E-state index contributed by atoms with van der Waals surface area (Å²) in [5, 5.41) is 3.10. The second kappa shape index (κ2) is 11.2. The number of methoxy groups -OCH3 is 1. The molecule has 0 saturated carbocycles. The van der Waals surface area contributed by atoms with E-state index in [2.05, 4.69) is 10.3 Å². The number of amides is 1. The van der Waals surface area contributed by atoms with Gasteiger partial charge in [0, 0.05) is 6.54 Å². The predicted octanol–water partition coefficient (Wildman–Crippen LogP) is 2.73. The number of nitrogens with zero attached hydrogens (tertiary/aromatic N) is 2. The maximum absolute atomic E-state index is 13.3. The normalized spacial score (nSPS) is 10.7. The van der Waals surface area contributed by atoms with Crippen molar-refractivity contribution in [1.29, 1.82) is 0 Å². The Labute approximate surface area is 198 Å². The van der Waals surface area contributed by atoms with Crippen molar-refractivity contribution in [2.24, 2.45) is 0 Å². The van der Waals surface area contributed by atoms with E-state index < -0.39 is 11.2 Å². The van der Waals surface area contributed by atoms with E-state index in [0.29, 0.717) is 24.4 Å². The molecule has 9 nitrogen and oxygen atoms in total. The van der Waals surface area contributed by atoms with Gasteiger partial charge in [0.25, 0.3) is 5.56 Å². The van der Waals surface area contributed by atoms with Gasteiger partial charge in [0.1, 0.15) is 11.6 Å². The third-order valence-electron chi connectivity index (χ3n) is 5.49. The number of carbonyl (C=O) groups is 1. The molecule has 1 aromatic heterocycles. The molecule has 0 saturated heterocycles.